The van der Waals surface area contributed by atoms with Crippen molar-refractivity contribution in [1.29, 1.82) is 0 Å². The minimum absolute atomic E-state index is 0.0828. The van der Waals surface area contributed by atoms with E-state index < -0.39 is 11.9 Å². The van der Waals surface area contributed by atoms with Crippen LogP contribution < -0.4 is 4.74 Å². The van der Waals surface area contributed by atoms with E-state index in [2.05, 4.69) is 4.74 Å². The SMILES string of the molecule is COC(=O)C1CN(C(=O)Cc2ccccc2OC)CCC1=O. The molecule has 1 saturated heterocycles. The number of methoxy groups -OCH3 is 2. The molecule has 1 aromatic carbocycles. The van der Waals surface area contributed by atoms with E-state index in [0.29, 0.717) is 12.3 Å². The van der Waals surface area contributed by atoms with Gasteiger partial charge in [0.25, 0.3) is 0 Å². The zero-order valence-corrected chi connectivity index (χ0v) is 12.7. The Labute approximate surface area is 129 Å². The molecule has 1 unspecified atom stereocenters. The first-order valence-corrected chi connectivity index (χ1v) is 7.07. The van der Waals surface area contributed by atoms with Gasteiger partial charge in [0, 0.05) is 25.1 Å². The molecule has 1 fully saturated rings. The molecule has 6 nitrogen and oxygen atoms in total. The van der Waals surface area contributed by atoms with Gasteiger partial charge in [0.1, 0.15) is 11.7 Å². The molecular weight excluding hydrogens is 286 g/mol. The molecule has 1 aliphatic heterocycles. The standard InChI is InChI=1S/C16H19NO5/c1-21-14-6-4-3-5-11(14)9-15(19)17-8-7-13(18)12(10-17)16(20)22-2/h3-6,12H,7-10H2,1-2H3. The summed E-state index contributed by atoms with van der Waals surface area (Å²) in [6.07, 6.45) is 0.351. The van der Waals surface area contributed by atoms with Gasteiger partial charge < -0.3 is 14.4 Å². The highest BCUT2D eigenvalue weighted by molar-refractivity contribution is 6.00. The first-order chi connectivity index (χ1) is 10.6. The maximum absolute atomic E-state index is 12.4. The molecule has 1 heterocycles. The quantitative estimate of drug-likeness (QED) is 0.608. The number of hydrogen-bond donors (Lipinski definition) is 0. The van der Waals surface area contributed by atoms with Gasteiger partial charge in [-0.1, -0.05) is 18.2 Å². The number of ketones is 1. The van der Waals surface area contributed by atoms with Crippen molar-refractivity contribution in [3.8, 4) is 5.75 Å². The molecule has 1 aliphatic rings. The number of likely N-dealkylation sites (tertiary alicyclic amines) is 1. The van der Waals surface area contributed by atoms with E-state index >= 15 is 0 Å². The monoisotopic (exact) mass is 305 g/mol. The summed E-state index contributed by atoms with van der Waals surface area (Å²) >= 11 is 0. The molecular formula is C16H19NO5. The third kappa shape index (κ3) is 3.44. The molecule has 0 bridgehead atoms. The van der Waals surface area contributed by atoms with Crippen LogP contribution in [0.25, 0.3) is 0 Å². The summed E-state index contributed by atoms with van der Waals surface area (Å²) in [7, 11) is 2.79. The molecule has 1 atom stereocenters. The van der Waals surface area contributed by atoms with Gasteiger partial charge in [0.2, 0.25) is 5.91 Å². The van der Waals surface area contributed by atoms with Crippen molar-refractivity contribution in [3.63, 3.8) is 0 Å². The van der Waals surface area contributed by atoms with Gasteiger partial charge in [-0.2, -0.15) is 0 Å². The summed E-state index contributed by atoms with van der Waals surface area (Å²) in [4.78, 5) is 37.3. The minimum atomic E-state index is -0.875. The van der Waals surface area contributed by atoms with Crippen molar-refractivity contribution in [2.24, 2.45) is 5.92 Å². The Kier molecular flexibility index (Phi) is 5.14. The van der Waals surface area contributed by atoms with Gasteiger partial charge in [-0.3, -0.25) is 14.4 Å². The van der Waals surface area contributed by atoms with Crippen molar-refractivity contribution in [3.05, 3.63) is 29.8 Å². The Hall–Kier alpha value is -2.37. The normalized spacial score (nSPS) is 18.0. The van der Waals surface area contributed by atoms with Crippen molar-refractivity contribution in [2.75, 3.05) is 27.3 Å². The lowest BCUT2D eigenvalue weighted by Gasteiger charge is -2.30. The predicted molar refractivity (Wildman–Crippen MR) is 78.4 cm³/mol. The fourth-order valence-corrected chi connectivity index (χ4v) is 2.53. The number of piperidine rings is 1. The molecule has 0 aliphatic carbocycles. The van der Waals surface area contributed by atoms with Crippen LogP contribution in [0.5, 0.6) is 5.75 Å². The second-order valence-electron chi connectivity index (χ2n) is 5.12. The van der Waals surface area contributed by atoms with Gasteiger partial charge in [0.15, 0.2) is 5.78 Å². The average molecular weight is 305 g/mol. The molecule has 0 aromatic heterocycles. The number of esters is 1. The molecule has 2 rings (SSSR count). The minimum Gasteiger partial charge on any atom is -0.496 e. The van der Waals surface area contributed by atoms with Crippen molar-refractivity contribution in [1.82, 2.24) is 4.90 Å². The van der Waals surface area contributed by atoms with Crippen molar-refractivity contribution in [2.45, 2.75) is 12.8 Å². The topological polar surface area (TPSA) is 72.9 Å². The van der Waals surface area contributed by atoms with Crippen LogP contribution in [0.4, 0.5) is 0 Å². The molecule has 6 heteroatoms. The summed E-state index contributed by atoms with van der Waals surface area (Å²) in [5, 5.41) is 0. The lowest BCUT2D eigenvalue weighted by atomic mass is 9.96. The fourth-order valence-electron chi connectivity index (χ4n) is 2.53. The summed E-state index contributed by atoms with van der Waals surface area (Å²) in [6.45, 7) is 0.416. The molecule has 22 heavy (non-hydrogen) atoms. The number of carbonyl (C=O) groups is 3. The first-order valence-electron chi connectivity index (χ1n) is 7.07. The third-order valence-electron chi connectivity index (χ3n) is 3.79. The van der Waals surface area contributed by atoms with Crippen molar-refractivity contribution < 1.29 is 23.9 Å². The molecule has 0 radical (unpaired) electrons. The lowest BCUT2D eigenvalue weighted by molar-refractivity contribution is -0.153. The summed E-state index contributed by atoms with van der Waals surface area (Å²) in [5.74, 6) is -1.12. The smallest absolute Gasteiger partial charge is 0.318 e. The number of Topliss-reactive ketones (excluding diaryl/α,β-unsaturated/α-hetero) is 1. The molecule has 0 spiro atoms. The molecule has 1 aromatic rings. The Balaban J connectivity index is 2.06. The van der Waals surface area contributed by atoms with Crippen LogP contribution in [0.15, 0.2) is 24.3 Å². The zero-order valence-electron chi connectivity index (χ0n) is 12.7. The Morgan fingerprint density at radius 3 is 2.68 bits per heavy atom. The third-order valence-corrected chi connectivity index (χ3v) is 3.79. The highest BCUT2D eigenvalue weighted by atomic mass is 16.5. The van der Waals surface area contributed by atoms with E-state index in [1.807, 2.05) is 18.2 Å². The highest BCUT2D eigenvalue weighted by Crippen LogP contribution is 2.20. The lowest BCUT2D eigenvalue weighted by Crippen LogP contribution is -2.47. The van der Waals surface area contributed by atoms with E-state index in [4.69, 9.17) is 4.74 Å². The maximum Gasteiger partial charge on any atom is 0.318 e. The average Bonchev–Trinajstić information content (AvgIpc) is 2.55. The van der Waals surface area contributed by atoms with E-state index in [9.17, 15) is 14.4 Å². The van der Waals surface area contributed by atoms with Gasteiger partial charge in [-0.15, -0.1) is 0 Å². The van der Waals surface area contributed by atoms with Gasteiger partial charge in [-0.05, 0) is 6.07 Å². The van der Waals surface area contributed by atoms with E-state index in [1.54, 1.807) is 13.2 Å². The maximum atomic E-state index is 12.4. The number of para-hydroxylation sites is 1. The molecule has 0 saturated carbocycles. The van der Waals surface area contributed by atoms with Crippen LogP contribution in [-0.2, 0) is 25.5 Å². The Bertz CT molecular complexity index is 576. The highest BCUT2D eigenvalue weighted by Gasteiger charge is 2.35. The largest absolute Gasteiger partial charge is 0.496 e. The second-order valence-corrected chi connectivity index (χ2v) is 5.12. The molecule has 118 valence electrons. The number of ether oxygens (including phenoxy) is 2. The fraction of sp³-hybridized carbons (Fsp3) is 0.438. The number of hydrogen-bond acceptors (Lipinski definition) is 5. The van der Waals surface area contributed by atoms with E-state index in [-0.39, 0.29) is 31.1 Å². The number of nitrogens with zero attached hydrogens (tertiary/aromatic N) is 1. The van der Waals surface area contributed by atoms with Gasteiger partial charge in [0.05, 0.1) is 20.6 Å². The first kappa shape index (κ1) is 16.0. The number of benzene rings is 1. The van der Waals surface area contributed by atoms with E-state index in [1.165, 1.54) is 12.0 Å². The van der Waals surface area contributed by atoms with Crippen LogP contribution >= 0.6 is 0 Å². The van der Waals surface area contributed by atoms with Crippen LogP contribution in [0.3, 0.4) is 0 Å². The van der Waals surface area contributed by atoms with Crippen molar-refractivity contribution >= 4 is 17.7 Å². The summed E-state index contributed by atoms with van der Waals surface area (Å²) in [6, 6.07) is 7.28. The van der Waals surface area contributed by atoms with Crippen LogP contribution in [-0.4, -0.2) is 49.9 Å². The second kappa shape index (κ2) is 7.06. The Morgan fingerprint density at radius 1 is 1.27 bits per heavy atom. The zero-order chi connectivity index (χ0) is 16.1. The molecule has 1 amide bonds. The Morgan fingerprint density at radius 2 is 2.00 bits per heavy atom. The van der Waals surface area contributed by atoms with E-state index in [0.717, 1.165) is 5.56 Å². The van der Waals surface area contributed by atoms with Gasteiger partial charge >= 0.3 is 5.97 Å². The molecule has 0 N–H and O–H groups in total. The van der Waals surface area contributed by atoms with Gasteiger partial charge in [-0.25, -0.2) is 0 Å². The number of rotatable bonds is 4. The van der Waals surface area contributed by atoms with Crippen LogP contribution in [0.2, 0.25) is 0 Å². The summed E-state index contributed by atoms with van der Waals surface area (Å²) < 4.78 is 9.85. The number of carbonyl (C=O) groups excluding carboxylic acids is 3. The summed E-state index contributed by atoms with van der Waals surface area (Å²) in [5.41, 5.74) is 0.779. The van der Waals surface area contributed by atoms with Crippen LogP contribution in [0.1, 0.15) is 12.0 Å². The number of amides is 1. The predicted octanol–water partition coefficient (Wildman–Crippen LogP) is 0.828. The van der Waals surface area contributed by atoms with Crippen LogP contribution in [0, 0.1) is 5.92 Å².